The summed E-state index contributed by atoms with van der Waals surface area (Å²) in [7, 11) is 0. The Bertz CT molecular complexity index is 221. The van der Waals surface area contributed by atoms with Crippen molar-refractivity contribution in [1.29, 1.82) is 0 Å². The zero-order chi connectivity index (χ0) is 9.05. The molecule has 74 valence electrons. The Balaban J connectivity index is 1.73. The predicted molar refractivity (Wildman–Crippen MR) is 54.5 cm³/mol. The first-order chi connectivity index (χ1) is 6.17. The first kappa shape index (κ1) is 8.28. The monoisotopic (exact) mass is 179 g/mol. The van der Waals surface area contributed by atoms with Gasteiger partial charge < -0.3 is 5.32 Å². The maximum atomic E-state index is 3.66. The van der Waals surface area contributed by atoms with Crippen LogP contribution in [0.3, 0.4) is 0 Å². The zero-order valence-corrected chi connectivity index (χ0v) is 8.84. The molecule has 1 heterocycles. The largest absolute Gasteiger partial charge is 0.313 e. The summed E-state index contributed by atoms with van der Waals surface area (Å²) in [5.41, 5.74) is 0.592. The van der Waals surface area contributed by atoms with Gasteiger partial charge in [0, 0.05) is 12.6 Å². The molecule has 3 aliphatic rings. The fourth-order valence-electron chi connectivity index (χ4n) is 4.06. The molecule has 3 rings (SSSR count). The van der Waals surface area contributed by atoms with E-state index < -0.39 is 0 Å². The Hall–Kier alpha value is -0.0400. The molecule has 0 aromatic carbocycles. The van der Waals surface area contributed by atoms with E-state index in [4.69, 9.17) is 0 Å². The SMILES string of the molecule is CC1(C)CNC1C1CC2CCC1C2. The van der Waals surface area contributed by atoms with E-state index in [-0.39, 0.29) is 0 Å². The highest BCUT2D eigenvalue weighted by atomic mass is 15.0. The molecular formula is C12H21N. The Morgan fingerprint density at radius 2 is 2.00 bits per heavy atom. The van der Waals surface area contributed by atoms with Crippen LogP contribution in [0.2, 0.25) is 0 Å². The van der Waals surface area contributed by atoms with E-state index in [2.05, 4.69) is 19.2 Å². The lowest BCUT2D eigenvalue weighted by Gasteiger charge is -2.51. The standard InChI is InChI=1S/C12H21N/c1-12(2)7-13-11(12)10-6-8-3-4-9(10)5-8/h8-11,13H,3-7H2,1-2H3. The van der Waals surface area contributed by atoms with E-state index in [1.165, 1.54) is 25.8 Å². The van der Waals surface area contributed by atoms with Crippen LogP contribution in [0.5, 0.6) is 0 Å². The van der Waals surface area contributed by atoms with E-state index in [0.717, 1.165) is 23.8 Å². The van der Waals surface area contributed by atoms with Crippen molar-refractivity contribution in [3.8, 4) is 0 Å². The predicted octanol–water partition coefficient (Wildman–Crippen LogP) is 2.42. The van der Waals surface area contributed by atoms with Gasteiger partial charge in [-0.15, -0.1) is 0 Å². The highest BCUT2D eigenvalue weighted by Crippen LogP contribution is 2.53. The second kappa shape index (κ2) is 2.50. The van der Waals surface area contributed by atoms with Crippen LogP contribution in [0.25, 0.3) is 0 Å². The van der Waals surface area contributed by atoms with Gasteiger partial charge >= 0.3 is 0 Å². The summed E-state index contributed by atoms with van der Waals surface area (Å²) in [6.07, 6.45) is 6.16. The third-order valence-corrected chi connectivity index (χ3v) is 4.84. The van der Waals surface area contributed by atoms with Gasteiger partial charge in [-0.25, -0.2) is 0 Å². The molecular weight excluding hydrogens is 158 g/mol. The smallest absolute Gasteiger partial charge is 0.0162 e. The third-order valence-electron chi connectivity index (χ3n) is 4.84. The van der Waals surface area contributed by atoms with Crippen molar-refractivity contribution in [2.75, 3.05) is 6.54 Å². The highest BCUT2D eigenvalue weighted by Gasteiger charge is 2.50. The maximum Gasteiger partial charge on any atom is 0.0162 e. The Morgan fingerprint density at radius 3 is 2.38 bits per heavy atom. The van der Waals surface area contributed by atoms with Crippen molar-refractivity contribution in [2.45, 2.75) is 45.6 Å². The van der Waals surface area contributed by atoms with Crippen molar-refractivity contribution in [3.05, 3.63) is 0 Å². The van der Waals surface area contributed by atoms with Crippen LogP contribution in [0.15, 0.2) is 0 Å². The average Bonchev–Trinajstić information content (AvgIpc) is 2.63. The maximum absolute atomic E-state index is 3.66. The second-order valence-corrected chi connectivity index (χ2v) is 6.19. The third kappa shape index (κ3) is 1.09. The summed E-state index contributed by atoms with van der Waals surface area (Å²) in [5, 5.41) is 3.66. The molecule has 2 saturated carbocycles. The van der Waals surface area contributed by atoms with Gasteiger partial charge in [0.25, 0.3) is 0 Å². The van der Waals surface area contributed by atoms with Gasteiger partial charge in [0.15, 0.2) is 0 Å². The zero-order valence-electron chi connectivity index (χ0n) is 8.84. The Kier molecular flexibility index (Phi) is 1.59. The lowest BCUT2D eigenvalue weighted by Crippen LogP contribution is -2.63. The van der Waals surface area contributed by atoms with Crippen LogP contribution in [-0.4, -0.2) is 12.6 Å². The number of nitrogens with one attached hydrogen (secondary N) is 1. The van der Waals surface area contributed by atoms with Gasteiger partial charge in [-0.1, -0.05) is 20.3 Å². The van der Waals surface area contributed by atoms with Gasteiger partial charge in [-0.2, -0.15) is 0 Å². The molecule has 2 bridgehead atoms. The second-order valence-electron chi connectivity index (χ2n) is 6.19. The fraction of sp³-hybridized carbons (Fsp3) is 1.00. The molecule has 1 saturated heterocycles. The highest BCUT2D eigenvalue weighted by molar-refractivity contribution is 5.05. The molecule has 0 radical (unpaired) electrons. The van der Waals surface area contributed by atoms with Gasteiger partial charge in [0.05, 0.1) is 0 Å². The average molecular weight is 179 g/mol. The van der Waals surface area contributed by atoms with Crippen molar-refractivity contribution in [2.24, 2.45) is 23.2 Å². The number of rotatable bonds is 1. The van der Waals surface area contributed by atoms with Gasteiger partial charge in [0.1, 0.15) is 0 Å². The minimum atomic E-state index is 0.592. The van der Waals surface area contributed by atoms with Crippen LogP contribution in [0, 0.1) is 23.2 Å². The van der Waals surface area contributed by atoms with Crippen molar-refractivity contribution in [3.63, 3.8) is 0 Å². The lowest BCUT2D eigenvalue weighted by molar-refractivity contribution is 0.0496. The number of hydrogen-bond donors (Lipinski definition) is 1. The summed E-state index contributed by atoms with van der Waals surface area (Å²) < 4.78 is 0. The fourth-order valence-corrected chi connectivity index (χ4v) is 4.06. The van der Waals surface area contributed by atoms with Gasteiger partial charge in [0.2, 0.25) is 0 Å². The van der Waals surface area contributed by atoms with Crippen LogP contribution in [0.1, 0.15) is 39.5 Å². The number of hydrogen-bond acceptors (Lipinski definition) is 1. The molecule has 1 aliphatic heterocycles. The molecule has 1 heteroatoms. The van der Waals surface area contributed by atoms with E-state index in [1.807, 2.05) is 0 Å². The molecule has 0 aromatic rings. The van der Waals surface area contributed by atoms with E-state index in [9.17, 15) is 0 Å². The normalized spacial score (nSPS) is 52.2. The summed E-state index contributed by atoms with van der Waals surface area (Å²) in [5.74, 6) is 3.22. The van der Waals surface area contributed by atoms with Gasteiger partial charge in [-0.3, -0.25) is 0 Å². The van der Waals surface area contributed by atoms with E-state index in [0.29, 0.717) is 5.41 Å². The molecule has 4 unspecified atom stereocenters. The van der Waals surface area contributed by atoms with E-state index >= 15 is 0 Å². The summed E-state index contributed by atoms with van der Waals surface area (Å²) in [6.45, 7) is 6.10. The molecule has 0 spiro atoms. The molecule has 2 aliphatic carbocycles. The minimum absolute atomic E-state index is 0.592. The Labute approximate surface area is 81.3 Å². The molecule has 3 fully saturated rings. The molecule has 13 heavy (non-hydrogen) atoms. The summed E-state index contributed by atoms with van der Waals surface area (Å²) >= 11 is 0. The van der Waals surface area contributed by atoms with Crippen LogP contribution in [-0.2, 0) is 0 Å². The first-order valence-corrected chi connectivity index (χ1v) is 5.90. The molecule has 4 atom stereocenters. The van der Waals surface area contributed by atoms with Crippen molar-refractivity contribution >= 4 is 0 Å². The van der Waals surface area contributed by atoms with Crippen LogP contribution >= 0.6 is 0 Å². The molecule has 1 nitrogen and oxygen atoms in total. The molecule has 1 N–H and O–H groups in total. The number of fused-ring (bicyclic) bond motifs is 2. The molecule has 0 amide bonds. The van der Waals surface area contributed by atoms with Crippen LogP contribution in [0.4, 0.5) is 0 Å². The first-order valence-electron chi connectivity index (χ1n) is 5.90. The lowest BCUT2D eigenvalue weighted by atomic mass is 9.67. The van der Waals surface area contributed by atoms with Crippen molar-refractivity contribution < 1.29 is 0 Å². The topological polar surface area (TPSA) is 12.0 Å². The summed E-state index contributed by atoms with van der Waals surface area (Å²) in [6, 6.07) is 0.850. The minimum Gasteiger partial charge on any atom is -0.313 e. The van der Waals surface area contributed by atoms with E-state index in [1.54, 1.807) is 6.42 Å². The van der Waals surface area contributed by atoms with Crippen LogP contribution < -0.4 is 5.32 Å². The van der Waals surface area contributed by atoms with Crippen molar-refractivity contribution in [1.82, 2.24) is 5.32 Å². The van der Waals surface area contributed by atoms with Gasteiger partial charge in [-0.05, 0) is 42.4 Å². The Morgan fingerprint density at radius 1 is 1.15 bits per heavy atom. The quantitative estimate of drug-likeness (QED) is 0.652. The molecule has 0 aromatic heterocycles. The summed E-state index contributed by atoms with van der Waals surface area (Å²) in [4.78, 5) is 0.